The number of pyridine rings is 1. The topological polar surface area (TPSA) is 55.3 Å². The van der Waals surface area contributed by atoms with E-state index in [0.717, 1.165) is 37.9 Å². The number of carbonyl (C=O) groups excluding carboxylic acids is 1. The molecule has 1 amide bonds. The van der Waals surface area contributed by atoms with Crippen LogP contribution in [-0.4, -0.2) is 22.5 Å². The van der Waals surface area contributed by atoms with Gasteiger partial charge in [0.15, 0.2) is 5.13 Å². The second kappa shape index (κ2) is 9.38. The Hall–Kier alpha value is -3.77. The summed E-state index contributed by atoms with van der Waals surface area (Å²) in [6.07, 6.45) is 3.81. The van der Waals surface area contributed by atoms with Gasteiger partial charge in [0.1, 0.15) is 11.3 Å². The van der Waals surface area contributed by atoms with Crippen LogP contribution < -0.4 is 9.64 Å². The van der Waals surface area contributed by atoms with Crippen LogP contribution in [0.4, 0.5) is 5.13 Å². The van der Waals surface area contributed by atoms with Crippen LogP contribution >= 0.6 is 11.3 Å². The van der Waals surface area contributed by atoms with Crippen LogP contribution in [0.2, 0.25) is 0 Å². The molecule has 164 valence electrons. The number of hydrogen-bond donors (Lipinski definition) is 0. The van der Waals surface area contributed by atoms with Crippen LogP contribution in [0, 0.1) is 0 Å². The van der Waals surface area contributed by atoms with E-state index in [1.54, 1.807) is 17.3 Å². The standard InChI is InChI=1S/C27H23N3O2S/c1-2-32-23-10-5-11-24-26(23)29-27(33-24)30(18-20-7-6-14-28-17-20)25(31)16-19-12-13-21-8-3-4-9-22(21)15-19/h3-15,17H,2,16,18H2,1H3. The van der Waals surface area contributed by atoms with Gasteiger partial charge in [-0.2, -0.15) is 0 Å². The third-order valence-corrected chi connectivity index (χ3v) is 6.48. The summed E-state index contributed by atoms with van der Waals surface area (Å²) in [5.41, 5.74) is 2.72. The van der Waals surface area contributed by atoms with Gasteiger partial charge in [-0.3, -0.25) is 14.7 Å². The van der Waals surface area contributed by atoms with E-state index in [1.165, 1.54) is 11.3 Å². The quantitative estimate of drug-likeness (QED) is 0.302. The number of benzene rings is 3. The summed E-state index contributed by atoms with van der Waals surface area (Å²) in [6.45, 7) is 2.92. The van der Waals surface area contributed by atoms with Crippen LogP contribution in [0.15, 0.2) is 85.2 Å². The predicted octanol–water partition coefficient (Wildman–Crippen LogP) is 6.02. The van der Waals surface area contributed by atoms with Crippen molar-refractivity contribution in [3.05, 3.63) is 96.3 Å². The highest BCUT2D eigenvalue weighted by Gasteiger charge is 2.22. The van der Waals surface area contributed by atoms with Gasteiger partial charge in [0.05, 0.1) is 24.3 Å². The Kier molecular flexibility index (Phi) is 6.00. The zero-order chi connectivity index (χ0) is 22.6. The van der Waals surface area contributed by atoms with E-state index in [9.17, 15) is 4.79 Å². The van der Waals surface area contributed by atoms with E-state index in [-0.39, 0.29) is 5.91 Å². The van der Waals surface area contributed by atoms with E-state index in [4.69, 9.17) is 9.72 Å². The average Bonchev–Trinajstić information content (AvgIpc) is 3.28. The number of carbonyl (C=O) groups is 1. The zero-order valence-electron chi connectivity index (χ0n) is 18.3. The molecule has 0 fully saturated rings. The maximum Gasteiger partial charge on any atom is 0.233 e. The SMILES string of the molecule is CCOc1cccc2sc(N(Cc3cccnc3)C(=O)Cc3ccc4ccccc4c3)nc12. The minimum absolute atomic E-state index is 0.00819. The van der Waals surface area contributed by atoms with E-state index in [0.29, 0.717) is 24.7 Å². The summed E-state index contributed by atoms with van der Waals surface area (Å²) >= 11 is 1.50. The molecule has 0 bridgehead atoms. The molecule has 0 aliphatic rings. The number of para-hydroxylation sites is 1. The molecular weight excluding hydrogens is 430 g/mol. The van der Waals surface area contributed by atoms with Gasteiger partial charge in [-0.15, -0.1) is 0 Å². The second-order valence-corrected chi connectivity index (χ2v) is 8.74. The van der Waals surface area contributed by atoms with Crippen molar-refractivity contribution in [1.82, 2.24) is 9.97 Å². The first-order chi connectivity index (χ1) is 16.2. The molecule has 3 aromatic carbocycles. The lowest BCUT2D eigenvalue weighted by Crippen LogP contribution is -2.31. The maximum atomic E-state index is 13.6. The summed E-state index contributed by atoms with van der Waals surface area (Å²) in [4.78, 5) is 24.4. The van der Waals surface area contributed by atoms with Crippen LogP contribution in [0.5, 0.6) is 5.75 Å². The number of rotatable bonds is 7. The molecule has 0 atom stereocenters. The molecule has 2 heterocycles. The number of anilines is 1. The lowest BCUT2D eigenvalue weighted by atomic mass is 10.0. The molecule has 0 unspecified atom stereocenters. The molecular formula is C27H23N3O2S. The zero-order valence-corrected chi connectivity index (χ0v) is 19.1. The highest BCUT2D eigenvalue weighted by molar-refractivity contribution is 7.22. The molecule has 6 heteroatoms. The molecule has 0 saturated carbocycles. The molecule has 0 N–H and O–H groups in total. The molecule has 2 aromatic heterocycles. The van der Waals surface area contributed by atoms with Crippen molar-refractivity contribution < 1.29 is 9.53 Å². The Morgan fingerprint density at radius 1 is 0.970 bits per heavy atom. The van der Waals surface area contributed by atoms with Crippen LogP contribution in [0.1, 0.15) is 18.1 Å². The van der Waals surface area contributed by atoms with E-state index < -0.39 is 0 Å². The normalized spacial score (nSPS) is 11.1. The molecule has 5 nitrogen and oxygen atoms in total. The Labute approximate surface area is 196 Å². The van der Waals surface area contributed by atoms with Gasteiger partial charge < -0.3 is 4.74 Å². The molecule has 5 rings (SSSR count). The predicted molar refractivity (Wildman–Crippen MR) is 134 cm³/mol. The summed E-state index contributed by atoms with van der Waals surface area (Å²) < 4.78 is 6.75. The fraction of sp³-hybridized carbons (Fsp3) is 0.148. The largest absolute Gasteiger partial charge is 0.492 e. The lowest BCUT2D eigenvalue weighted by Gasteiger charge is -2.20. The monoisotopic (exact) mass is 453 g/mol. The molecule has 0 spiro atoms. The van der Waals surface area contributed by atoms with Crippen molar-refractivity contribution in [3.8, 4) is 5.75 Å². The average molecular weight is 454 g/mol. The van der Waals surface area contributed by atoms with Gasteiger partial charge >= 0.3 is 0 Å². The number of aromatic nitrogens is 2. The summed E-state index contributed by atoms with van der Waals surface area (Å²) in [6, 6.07) is 24.1. The van der Waals surface area contributed by atoms with Crippen molar-refractivity contribution >= 4 is 43.4 Å². The van der Waals surface area contributed by atoms with Gasteiger partial charge in [0, 0.05) is 12.4 Å². The third kappa shape index (κ3) is 4.56. The summed E-state index contributed by atoms with van der Waals surface area (Å²) in [5.74, 6) is 0.729. The van der Waals surface area contributed by atoms with E-state index in [2.05, 4.69) is 29.2 Å². The molecule has 0 aliphatic carbocycles. The van der Waals surface area contributed by atoms with Gasteiger partial charge in [0.2, 0.25) is 5.91 Å². The number of thiazole rings is 1. The summed E-state index contributed by atoms with van der Waals surface area (Å²) in [7, 11) is 0. The summed E-state index contributed by atoms with van der Waals surface area (Å²) in [5, 5.41) is 2.95. The van der Waals surface area contributed by atoms with Crippen molar-refractivity contribution in [3.63, 3.8) is 0 Å². The Bertz CT molecular complexity index is 1420. The first kappa shape index (κ1) is 21.1. The smallest absolute Gasteiger partial charge is 0.233 e. The maximum absolute atomic E-state index is 13.6. The van der Waals surface area contributed by atoms with Crippen LogP contribution in [0.3, 0.4) is 0 Å². The lowest BCUT2D eigenvalue weighted by molar-refractivity contribution is -0.118. The number of nitrogens with zero attached hydrogens (tertiary/aromatic N) is 3. The molecule has 0 saturated heterocycles. The highest BCUT2D eigenvalue weighted by atomic mass is 32.1. The van der Waals surface area contributed by atoms with Gasteiger partial charge in [0.25, 0.3) is 0 Å². The minimum atomic E-state index is -0.00819. The van der Waals surface area contributed by atoms with Crippen LogP contribution in [0.25, 0.3) is 21.0 Å². The van der Waals surface area contributed by atoms with Crippen molar-refractivity contribution in [2.24, 2.45) is 0 Å². The molecule has 33 heavy (non-hydrogen) atoms. The highest BCUT2D eigenvalue weighted by Crippen LogP contribution is 2.35. The van der Waals surface area contributed by atoms with Crippen molar-refractivity contribution in [2.45, 2.75) is 19.9 Å². The Morgan fingerprint density at radius 2 is 1.85 bits per heavy atom. The number of ether oxygens (including phenoxy) is 1. The van der Waals surface area contributed by atoms with Crippen molar-refractivity contribution in [1.29, 1.82) is 0 Å². The fourth-order valence-corrected chi connectivity index (χ4v) is 4.85. The Morgan fingerprint density at radius 3 is 2.67 bits per heavy atom. The molecule has 5 aromatic rings. The van der Waals surface area contributed by atoms with Gasteiger partial charge in [-0.05, 0) is 47.0 Å². The minimum Gasteiger partial charge on any atom is -0.492 e. The fourth-order valence-electron chi connectivity index (χ4n) is 3.85. The number of amides is 1. The number of fused-ring (bicyclic) bond motifs is 2. The van der Waals surface area contributed by atoms with Crippen molar-refractivity contribution in [2.75, 3.05) is 11.5 Å². The third-order valence-electron chi connectivity index (χ3n) is 5.44. The molecule has 0 aliphatic heterocycles. The van der Waals surface area contributed by atoms with E-state index >= 15 is 0 Å². The van der Waals surface area contributed by atoms with Gasteiger partial charge in [-0.25, -0.2) is 4.98 Å². The first-order valence-electron chi connectivity index (χ1n) is 10.9. The first-order valence-corrected chi connectivity index (χ1v) is 11.7. The molecule has 0 radical (unpaired) electrons. The Balaban J connectivity index is 1.50. The second-order valence-electron chi connectivity index (χ2n) is 7.73. The van der Waals surface area contributed by atoms with E-state index in [1.807, 2.05) is 55.5 Å². The number of hydrogen-bond acceptors (Lipinski definition) is 5. The van der Waals surface area contributed by atoms with Gasteiger partial charge in [-0.1, -0.05) is 65.9 Å². The van der Waals surface area contributed by atoms with Crippen LogP contribution in [-0.2, 0) is 17.8 Å².